The quantitative estimate of drug-likeness (QED) is 0.842. The molecule has 0 unspecified atom stereocenters. The summed E-state index contributed by atoms with van der Waals surface area (Å²) in [5.74, 6) is 0.536. The normalized spacial score (nSPS) is 10.2. The lowest BCUT2D eigenvalue weighted by atomic mass is 10.1. The van der Waals surface area contributed by atoms with Gasteiger partial charge in [-0.15, -0.1) is 0 Å². The Kier molecular flexibility index (Phi) is 3.60. The highest BCUT2D eigenvalue weighted by Gasteiger charge is 1.96. The molecule has 0 saturated heterocycles. The number of nitrogens with zero attached hydrogens (tertiary/aromatic N) is 1. The van der Waals surface area contributed by atoms with Gasteiger partial charge in [-0.1, -0.05) is 25.5 Å². The number of rotatable bonds is 4. The fourth-order valence-corrected chi connectivity index (χ4v) is 1.69. The third-order valence-corrected chi connectivity index (χ3v) is 2.57. The van der Waals surface area contributed by atoms with Gasteiger partial charge in [-0.3, -0.25) is 0 Å². The van der Waals surface area contributed by atoms with Gasteiger partial charge in [0.25, 0.3) is 0 Å². The summed E-state index contributed by atoms with van der Waals surface area (Å²) in [5, 5.41) is 3.28. The summed E-state index contributed by atoms with van der Waals surface area (Å²) in [6, 6.07) is 12.2. The molecule has 0 saturated carbocycles. The number of aromatic nitrogens is 1. The second-order valence-electron chi connectivity index (χ2n) is 4.04. The van der Waals surface area contributed by atoms with Crippen molar-refractivity contribution in [3.8, 4) is 0 Å². The van der Waals surface area contributed by atoms with Gasteiger partial charge >= 0.3 is 0 Å². The van der Waals surface area contributed by atoms with E-state index in [1.807, 2.05) is 6.07 Å². The van der Waals surface area contributed by atoms with Gasteiger partial charge in [-0.05, 0) is 36.2 Å². The van der Waals surface area contributed by atoms with Crippen LogP contribution in [0.2, 0.25) is 0 Å². The third kappa shape index (κ3) is 3.21. The molecule has 0 atom stereocenters. The number of nitrogens with two attached hydrogens (primary N) is 1. The molecule has 0 aliphatic heterocycles. The maximum atomic E-state index is 5.53. The van der Waals surface area contributed by atoms with E-state index in [0.717, 1.165) is 17.8 Å². The Morgan fingerprint density at radius 3 is 2.35 bits per heavy atom. The zero-order chi connectivity index (χ0) is 12.1. The van der Waals surface area contributed by atoms with Crippen LogP contribution in [0.1, 0.15) is 18.9 Å². The van der Waals surface area contributed by atoms with Crippen molar-refractivity contribution < 1.29 is 0 Å². The van der Waals surface area contributed by atoms with Crippen LogP contribution in [0.3, 0.4) is 0 Å². The number of hydrogen-bond donors (Lipinski definition) is 2. The SMILES string of the molecule is CCCc1ccc(Nc2ccc(N)nc2)cc1. The van der Waals surface area contributed by atoms with E-state index >= 15 is 0 Å². The average Bonchev–Trinajstić information content (AvgIpc) is 2.35. The summed E-state index contributed by atoms with van der Waals surface area (Å²) in [6.45, 7) is 2.19. The topological polar surface area (TPSA) is 50.9 Å². The molecule has 0 aliphatic rings. The van der Waals surface area contributed by atoms with E-state index in [2.05, 4.69) is 41.5 Å². The number of hydrogen-bond acceptors (Lipinski definition) is 3. The van der Waals surface area contributed by atoms with Crippen LogP contribution in [-0.2, 0) is 6.42 Å². The van der Waals surface area contributed by atoms with Gasteiger partial charge in [0.05, 0.1) is 11.9 Å². The molecule has 17 heavy (non-hydrogen) atoms. The highest BCUT2D eigenvalue weighted by atomic mass is 14.9. The molecule has 0 bridgehead atoms. The van der Waals surface area contributed by atoms with Gasteiger partial charge < -0.3 is 11.1 Å². The number of nitrogens with one attached hydrogen (secondary N) is 1. The van der Waals surface area contributed by atoms with Crippen molar-refractivity contribution in [3.05, 3.63) is 48.2 Å². The Morgan fingerprint density at radius 1 is 1.06 bits per heavy atom. The Hall–Kier alpha value is -2.03. The first kappa shape index (κ1) is 11.5. The molecule has 1 heterocycles. The number of nitrogen functional groups attached to an aromatic ring is 1. The molecular formula is C14H17N3. The highest BCUT2D eigenvalue weighted by Crippen LogP contribution is 2.17. The molecule has 0 spiro atoms. The molecular weight excluding hydrogens is 210 g/mol. The number of anilines is 3. The summed E-state index contributed by atoms with van der Waals surface area (Å²) >= 11 is 0. The number of aryl methyl sites for hydroxylation is 1. The minimum absolute atomic E-state index is 0.536. The van der Waals surface area contributed by atoms with Crippen molar-refractivity contribution in [2.24, 2.45) is 0 Å². The molecule has 0 radical (unpaired) electrons. The lowest BCUT2D eigenvalue weighted by Crippen LogP contribution is -1.94. The van der Waals surface area contributed by atoms with E-state index < -0.39 is 0 Å². The Labute approximate surface area is 102 Å². The van der Waals surface area contributed by atoms with E-state index in [1.54, 1.807) is 12.3 Å². The van der Waals surface area contributed by atoms with Gasteiger partial charge in [-0.2, -0.15) is 0 Å². The van der Waals surface area contributed by atoms with Gasteiger partial charge in [0.15, 0.2) is 0 Å². The summed E-state index contributed by atoms with van der Waals surface area (Å²) < 4.78 is 0. The summed E-state index contributed by atoms with van der Waals surface area (Å²) in [7, 11) is 0. The van der Waals surface area contributed by atoms with Crippen LogP contribution in [0, 0.1) is 0 Å². The van der Waals surface area contributed by atoms with Crippen LogP contribution in [0.5, 0.6) is 0 Å². The number of pyridine rings is 1. The largest absolute Gasteiger partial charge is 0.384 e. The third-order valence-electron chi connectivity index (χ3n) is 2.57. The molecule has 0 amide bonds. The molecule has 2 rings (SSSR count). The second-order valence-corrected chi connectivity index (χ2v) is 4.04. The molecule has 0 aliphatic carbocycles. The van der Waals surface area contributed by atoms with Gasteiger partial charge in [0, 0.05) is 5.69 Å². The van der Waals surface area contributed by atoms with Gasteiger partial charge in [0.2, 0.25) is 0 Å². The van der Waals surface area contributed by atoms with Crippen LogP contribution < -0.4 is 11.1 Å². The molecule has 3 heteroatoms. The maximum Gasteiger partial charge on any atom is 0.123 e. The lowest BCUT2D eigenvalue weighted by molar-refractivity contribution is 0.922. The molecule has 0 fully saturated rings. The Bertz CT molecular complexity index is 460. The van der Waals surface area contributed by atoms with Crippen LogP contribution in [0.25, 0.3) is 0 Å². The zero-order valence-electron chi connectivity index (χ0n) is 9.98. The highest BCUT2D eigenvalue weighted by molar-refractivity contribution is 5.59. The molecule has 1 aromatic carbocycles. The van der Waals surface area contributed by atoms with E-state index in [0.29, 0.717) is 5.82 Å². The first-order chi connectivity index (χ1) is 8.28. The molecule has 88 valence electrons. The average molecular weight is 227 g/mol. The van der Waals surface area contributed by atoms with E-state index in [4.69, 9.17) is 5.73 Å². The van der Waals surface area contributed by atoms with Crippen molar-refractivity contribution in [2.75, 3.05) is 11.1 Å². The Morgan fingerprint density at radius 2 is 1.76 bits per heavy atom. The summed E-state index contributed by atoms with van der Waals surface area (Å²) in [5.41, 5.74) is 8.92. The van der Waals surface area contributed by atoms with E-state index in [9.17, 15) is 0 Å². The minimum atomic E-state index is 0.536. The summed E-state index contributed by atoms with van der Waals surface area (Å²) in [4.78, 5) is 4.04. The minimum Gasteiger partial charge on any atom is -0.384 e. The van der Waals surface area contributed by atoms with Crippen molar-refractivity contribution in [2.45, 2.75) is 19.8 Å². The van der Waals surface area contributed by atoms with Crippen molar-refractivity contribution in [1.82, 2.24) is 4.98 Å². The fourth-order valence-electron chi connectivity index (χ4n) is 1.69. The van der Waals surface area contributed by atoms with Crippen LogP contribution >= 0.6 is 0 Å². The van der Waals surface area contributed by atoms with Crippen LogP contribution in [0.4, 0.5) is 17.2 Å². The molecule has 3 N–H and O–H groups in total. The predicted molar refractivity (Wildman–Crippen MR) is 72.4 cm³/mol. The first-order valence-corrected chi connectivity index (χ1v) is 5.85. The predicted octanol–water partition coefficient (Wildman–Crippen LogP) is 3.36. The van der Waals surface area contributed by atoms with E-state index in [-0.39, 0.29) is 0 Å². The van der Waals surface area contributed by atoms with Crippen molar-refractivity contribution in [3.63, 3.8) is 0 Å². The Balaban J connectivity index is 2.05. The van der Waals surface area contributed by atoms with Crippen molar-refractivity contribution >= 4 is 17.2 Å². The number of benzene rings is 1. The van der Waals surface area contributed by atoms with Crippen LogP contribution in [-0.4, -0.2) is 4.98 Å². The molecule has 3 nitrogen and oxygen atoms in total. The first-order valence-electron chi connectivity index (χ1n) is 5.85. The van der Waals surface area contributed by atoms with Crippen molar-refractivity contribution in [1.29, 1.82) is 0 Å². The molecule has 2 aromatic rings. The van der Waals surface area contributed by atoms with Gasteiger partial charge in [-0.25, -0.2) is 4.98 Å². The lowest BCUT2D eigenvalue weighted by Gasteiger charge is -2.07. The zero-order valence-corrected chi connectivity index (χ0v) is 9.98. The monoisotopic (exact) mass is 227 g/mol. The second kappa shape index (κ2) is 5.34. The van der Waals surface area contributed by atoms with Gasteiger partial charge in [0.1, 0.15) is 5.82 Å². The fraction of sp³-hybridized carbons (Fsp3) is 0.214. The maximum absolute atomic E-state index is 5.53. The summed E-state index contributed by atoms with van der Waals surface area (Å²) in [6.07, 6.45) is 4.04. The molecule has 1 aromatic heterocycles. The smallest absolute Gasteiger partial charge is 0.123 e. The van der Waals surface area contributed by atoms with Crippen LogP contribution in [0.15, 0.2) is 42.6 Å². The standard InChI is InChI=1S/C14H17N3/c1-2-3-11-4-6-12(7-5-11)17-13-8-9-14(15)16-10-13/h4-10,17H,2-3H2,1H3,(H2,15,16). The van der Waals surface area contributed by atoms with E-state index in [1.165, 1.54) is 12.0 Å².